The molecule has 18 heavy (non-hydrogen) atoms. The highest BCUT2D eigenvalue weighted by Crippen LogP contribution is 2.29. The summed E-state index contributed by atoms with van der Waals surface area (Å²) in [6.07, 6.45) is 9.71. The van der Waals surface area contributed by atoms with Crippen LogP contribution in [0, 0.1) is 0 Å². The van der Waals surface area contributed by atoms with Gasteiger partial charge in [-0.25, -0.2) is 4.79 Å². The molecule has 1 aliphatic rings. The molecule has 1 fully saturated rings. The minimum atomic E-state index is -1.19. The topological polar surface area (TPSA) is 35.5 Å². The van der Waals surface area contributed by atoms with Gasteiger partial charge in [-0.2, -0.15) is 0 Å². The Morgan fingerprint density at radius 1 is 1.44 bits per heavy atom. The van der Waals surface area contributed by atoms with Crippen LogP contribution in [0.1, 0.15) is 45.4 Å². The standard InChI is InChI=1S/C14H26O3Si/c1-4-5-6-7-10-13(15)17-14(18(2)3)11-8-9-12-16-14/h7,10,18H,4-6,8-9,11-12H2,1-3H3. The molecule has 1 rings (SSSR count). The first-order valence-corrected chi connectivity index (χ1v) is 10.0. The van der Waals surface area contributed by atoms with Gasteiger partial charge in [0.05, 0.1) is 6.61 Å². The van der Waals surface area contributed by atoms with Gasteiger partial charge in [0.2, 0.25) is 0 Å². The third-order valence-electron chi connectivity index (χ3n) is 3.40. The lowest BCUT2D eigenvalue weighted by molar-refractivity contribution is -0.204. The summed E-state index contributed by atoms with van der Waals surface area (Å²) in [6, 6.07) is 0. The predicted octanol–water partition coefficient (Wildman–Crippen LogP) is 3.20. The average Bonchev–Trinajstić information content (AvgIpc) is 2.35. The lowest BCUT2D eigenvalue weighted by atomic mass is 10.2. The first-order chi connectivity index (χ1) is 8.60. The van der Waals surface area contributed by atoms with E-state index in [1.165, 1.54) is 0 Å². The van der Waals surface area contributed by atoms with E-state index in [4.69, 9.17) is 9.47 Å². The molecule has 4 heteroatoms. The highest BCUT2D eigenvalue weighted by molar-refractivity contribution is 6.58. The van der Waals surface area contributed by atoms with Gasteiger partial charge in [-0.05, 0) is 19.3 Å². The molecule has 0 spiro atoms. The van der Waals surface area contributed by atoms with Crippen LogP contribution in [0.2, 0.25) is 13.1 Å². The van der Waals surface area contributed by atoms with Crippen LogP contribution in [0.3, 0.4) is 0 Å². The molecule has 1 heterocycles. The normalized spacial score (nSPS) is 24.7. The zero-order valence-electron chi connectivity index (χ0n) is 11.9. The third-order valence-corrected chi connectivity index (χ3v) is 5.73. The zero-order valence-corrected chi connectivity index (χ0v) is 13.1. The van der Waals surface area contributed by atoms with Gasteiger partial charge in [-0.1, -0.05) is 38.9 Å². The number of rotatable bonds is 6. The fourth-order valence-corrected chi connectivity index (χ4v) is 3.73. The SMILES string of the molecule is CCCCC=CC(=O)OC1([SiH](C)C)CCCCO1. The Morgan fingerprint density at radius 2 is 2.22 bits per heavy atom. The second-order valence-electron chi connectivity index (χ2n) is 5.24. The van der Waals surface area contributed by atoms with Gasteiger partial charge in [-0.3, -0.25) is 0 Å². The quantitative estimate of drug-likeness (QED) is 0.322. The first kappa shape index (κ1) is 15.4. The summed E-state index contributed by atoms with van der Waals surface area (Å²) in [4.78, 5) is 11.8. The number of hydrogen-bond acceptors (Lipinski definition) is 3. The number of unbranched alkanes of at least 4 members (excludes halogenated alkanes) is 2. The van der Waals surface area contributed by atoms with Crippen molar-refractivity contribution in [1.82, 2.24) is 0 Å². The molecule has 0 aromatic rings. The first-order valence-electron chi connectivity index (χ1n) is 7.14. The van der Waals surface area contributed by atoms with Crippen LogP contribution in [-0.2, 0) is 14.3 Å². The van der Waals surface area contributed by atoms with E-state index < -0.39 is 14.2 Å². The Kier molecular flexibility index (Phi) is 6.64. The van der Waals surface area contributed by atoms with E-state index in [9.17, 15) is 4.79 Å². The highest BCUT2D eigenvalue weighted by atomic mass is 28.3. The summed E-state index contributed by atoms with van der Waals surface area (Å²) < 4.78 is 11.4. The smallest absolute Gasteiger partial charge is 0.332 e. The van der Waals surface area contributed by atoms with E-state index in [2.05, 4.69) is 20.0 Å². The van der Waals surface area contributed by atoms with Crippen LogP contribution >= 0.6 is 0 Å². The Morgan fingerprint density at radius 3 is 2.78 bits per heavy atom. The number of carbonyl (C=O) groups excluding carboxylic acids is 1. The van der Waals surface area contributed by atoms with Crippen LogP contribution in [0.5, 0.6) is 0 Å². The summed E-state index contributed by atoms with van der Waals surface area (Å²) in [5.41, 5.74) is -0.565. The maximum absolute atomic E-state index is 11.8. The summed E-state index contributed by atoms with van der Waals surface area (Å²) in [6.45, 7) is 7.22. The fourth-order valence-electron chi connectivity index (χ4n) is 2.15. The minimum Gasteiger partial charge on any atom is -0.435 e. The molecule has 0 amide bonds. The van der Waals surface area contributed by atoms with Crippen molar-refractivity contribution in [3.8, 4) is 0 Å². The molecule has 0 aromatic carbocycles. The molecule has 1 atom stereocenters. The average molecular weight is 270 g/mol. The highest BCUT2D eigenvalue weighted by Gasteiger charge is 2.40. The van der Waals surface area contributed by atoms with Gasteiger partial charge in [-0.15, -0.1) is 0 Å². The van der Waals surface area contributed by atoms with Crippen molar-refractivity contribution in [1.29, 1.82) is 0 Å². The van der Waals surface area contributed by atoms with Gasteiger partial charge in [0, 0.05) is 12.5 Å². The van der Waals surface area contributed by atoms with Crippen LogP contribution in [0.25, 0.3) is 0 Å². The van der Waals surface area contributed by atoms with Crippen molar-refractivity contribution >= 4 is 14.8 Å². The summed E-state index contributed by atoms with van der Waals surface area (Å²) in [5, 5.41) is 0. The molecule has 104 valence electrons. The number of ether oxygens (including phenoxy) is 2. The van der Waals surface area contributed by atoms with Crippen molar-refractivity contribution in [2.75, 3.05) is 6.61 Å². The van der Waals surface area contributed by atoms with Crippen molar-refractivity contribution in [3.05, 3.63) is 12.2 Å². The summed E-state index contributed by atoms with van der Waals surface area (Å²) in [7, 11) is -1.19. The molecular weight excluding hydrogens is 244 g/mol. The molecule has 1 unspecified atom stereocenters. The lowest BCUT2D eigenvalue weighted by Gasteiger charge is -2.39. The van der Waals surface area contributed by atoms with Crippen molar-refractivity contribution < 1.29 is 14.3 Å². The van der Waals surface area contributed by atoms with Gasteiger partial charge < -0.3 is 9.47 Å². The van der Waals surface area contributed by atoms with Gasteiger partial charge in [0.25, 0.3) is 0 Å². The summed E-state index contributed by atoms with van der Waals surface area (Å²) >= 11 is 0. The maximum atomic E-state index is 11.8. The van der Waals surface area contributed by atoms with Gasteiger partial charge >= 0.3 is 5.97 Å². The number of esters is 1. The molecule has 3 nitrogen and oxygen atoms in total. The van der Waals surface area contributed by atoms with E-state index >= 15 is 0 Å². The van der Waals surface area contributed by atoms with Crippen LogP contribution in [0.15, 0.2) is 12.2 Å². The molecular formula is C14H26O3Si. The number of carbonyl (C=O) groups is 1. The number of allylic oxidation sites excluding steroid dienone is 1. The lowest BCUT2D eigenvalue weighted by Crippen LogP contribution is -2.50. The fraction of sp³-hybridized carbons (Fsp3) is 0.786. The predicted molar refractivity (Wildman–Crippen MR) is 76.2 cm³/mol. The van der Waals surface area contributed by atoms with Crippen molar-refractivity contribution in [3.63, 3.8) is 0 Å². The molecule has 1 aliphatic heterocycles. The van der Waals surface area contributed by atoms with Crippen LogP contribution in [0.4, 0.5) is 0 Å². The molecule has 0 bridgehead atoms. The number of hydrogen-bond donors (Lipinski definition) is 0. The molecule has 0 aromatic heterocycles. The van der Waals surface area contributed by atoms with Crippen molar-refractivity contribution in [2.45, 2.75) is 64.0 Å². The van der Waals surface area contributed by atoms with Crippen molar-refractivity contribution in [2.24, 2.45) is 0 Å². The monoisotopic (exact) mass is 270 g/mol. The van der Waals surface area contributed by atoms with E-state index in [0.29, 0.717) is 0 Å². The summed E-state index contributed by atoms with van der Waals surface area (Å²) in [5.74, 6) is -0.241. The van der Waals surface area contributed by atoms with E-state index in [1.807, 2.05) is 6.08 Å². The Balaban J connectivity index is 2.50. The molecule has 0 radical (unpaired) electrons. The Bertz CT molecular complexity index is 281. The van der Waals surface area contributed by atoms with Gasteiger partial charge in [0.1, 0.15) is 8.80 Å². The van der Waals surface area contributed by atoms with Crippen LogP contribution < -0.4 is 0 Å². The van der Waals surface area contributed by atoms with Crippen LogP contribution in [-0.4, -0.2) is 26.8 Å². The Labute approximate surface area is 112 Å². The van der Waals surface area contributed by atoms with E-state index in [1.54, 1.807) is 6.08 Å². The Hall–Kier alpha value is -0.613. The second kappa shape index (κ2) is 7.74. The molecule has 1 saturated heterocycles. The van der Waals surface area contributed by atoms with E-state index in [-0.39, 0.29) is 5.97 Å². The zero-order chi connectivity index (χ0) is 13.4. The molecule has 0 saturated carbocycles. The second-order valence-corrected chi connectivity index (χ2v) is 8.43. The molecule has 0 aliphatic carbocycles. The molecule has 0 N–H and O–H groups in total. The minimum absolute atomic E-state index is 0.241. The third kappa shape index (κ3) is 4.57. The maximum Gasteiger partial charge on any atom is 0.332 e. The van der Waals surface area contributed by atoms with E-state index in [0.717, 1.165) is 45.1 Å². The van der Waals surface area contributed by atoms with Gasteiger partial charge in [0.15, 0.2) is 5.41 Å². The largest absolute Gasteiger partial charge is 0.435 e.